The molecule has 1 aromatic carbocycles. The Morgan fingerprint density at radius 1 is 1.00 bits per heavy atom. The van der Waals surface area contributed by atoms with E-state index in [0.29, 0.717) is 12.1 Å². The highest BCUT2D eigenvalue weighted by atomic mass is 19.2. The van der Waals surface area contributed by atoms with Crippen LogP contribution in [0.2, 0.25) is 0 Å². The minimum Gasteiger partial charge on any atom is -0.310 e. The van der Waals surface area contributed by atoms with Crippen molar-refractivity contribution in [3.63, 3.8) is 0 Å². The van der Waals surface area contributed by atoms with Gasteiger partial charge in [-0.1, -0.05) is 12.5 Å². The molecule has 0 saturated carbocycles. The minimum absolute atomic E-state index is 0.0756. The van der Waals surface area contributed by atoms with Crippen molar-refractivity contribution in [2.75, 3.05) is 6.54 Å². The summed E-state index contributed by atoms with van der Waals surface area (Å²) in [5.74, 6) is -9.62. The fraction of sp³-hybridized carbons (Fsp3) is 0.385. The average Bonchev–Trinajstić information content (AvgIpc) is 2.34. The van der Waals surface area contributed by atoms with E-state index in [1.54, 1.807) is 13.8 Å². The first-order chi connectivity index (χ1) is 8.81. The van der Waals surface area contributed by atoms with Gasteiger partial charge in [-0.05, 0) is 19.9 Å². The van der Waals surface area contributed by atoms with Gasteiger partial charge in [-0.2, -0.15) is 0 Å². The van der Waals surface area contributed by atoms with E-state index >= 15 is 0 Å². The lowest BCUT2D eigenvalue weighted by Crippen LogP contribution is -2.25. The zero-order valence-electron chi connectivity index (χ0n) is 10.6. The van der Waals surface area contributed by atoms with Crippen molar-refractivity contribution >= 4 is 0 Å². The van der Waals surface area contributed by atoms with Crippen molar-refractivity contribution in [1.82, 2.24) is 5.32 Å². The zero-order chi connectivity index (χ0) is 14.7. The molecule has 0 saturated heterocycles. The Labute approximate surface area is 108 Å². The molecule has 0 amide bonds. The molecule has 106 valence electrons. The van der Waals surface area contributed by atoms with E-state index in [0.717, 1.165) is 0 Å². The maximum Gasteiger partial charge on any atom is 0.200 e. The summed E-state index contributed by atoms with van der Waals surface area (Å²) >= 11 is 0. The molecule has 0 heterocycles. The average molecular weight is 279 g/mol. The van der Waals surface area contributed by atoms with Gasteiger partial charge in [-0.25, -0.2) is 22.0 Å². The van der Waals surface area contributed by atoms with Gasteiger partial charge in [0, 0.05) is 11.6 Å². The fourth-order valence-electron chi connectivity index (χ4n) is 1.80. The molecule has 0 aromatic heterocycles. The molecule has 1 unspecified atom stereocenters. The van der Waals surface area contributed by atoms with Gasteiger partial charge in [-0.15, -0.1) is 6.58 Å². The Kier molecular flexibility index (Phi) is 5.05. The summed E-state index contributed by atoms with van der Waals surface area (Å²) < 4.78 is 66.5. The normalized spacial score (nSPS) is 12.6. The van der Waals surface area contributed by atoms with Gasteiger partial charge in [0.2, 0.25) is 5.82 Å². The fourth-order valence-corrected chi connectivity index (χ4v) is 1.80. The number of benzene rings is 1. The Hall–Kier alpha value is -1.43. The van der Waals surface area contributed by atoms with E-state index in [4.69, 9.17) is 0 Å². The van der Waals surface area contributed by atoms with Crippen molar-refractivity contribution in [3.8, 4) is 0 Å². The predicted octanol–water partition coefficient (Wildman–Crippen LogP) is 4.00. The summed E-state index contributed by atoms with van der Waals surface area (Å²) in [4.78, 5) is 0. The third-order valence-corrected chi connectivity index (χ3v) is 2.60. The second-order valence-corrected chi connectivity index (χ2v) is 4.26. The molecule has 0 aliphatic rings. The van der Waals surface area contributed by atoms with Gasteiger partial charge in [0.05, 0.1) is 0 Å². The maximum absolute atomic E-state index is 13.6. The molecule has 0 fully saturated rings. The first-order valence-electron chi connectivity index (χ1n) is 5.70. The standard InChI is InChI=1S/C13H14F5N/c1-4-19-7(5-6(2)3)8-9(14)11(16)13(18)12(17)10(8)15/h7,19H,2,4-5H2,1,3H3. The molecule has 0 bridgehead atoms. The van der Waals surface area contributed by atoms with Crippen LogP contribution < -0.4 is 5.32 Å². The molecular formula is C13H14F5N. The second-order valence-electron chi connectivity index (χ2n) is 4.26. The van der Waals surface area contributed by atoms with Crippen molar-refractivity contribution in [2.45, 2.75) is 26.3 Å². The first kappa shape index (κ1) is 15.6. The number of hydrogen-bond donors (Lipinski definition) is 1. The SMILES string of the molecule is C=C(C)CC(NCC)c1c(F)c(F)c(F)c(F)c1F. The predicted molar refractivity (Wildman–Crippen MR) is 62.1 cm³/mol. The first-order valence-corrected chi connectivity index (χ1v) is 5.70. The zero-order valence-corrected chi connectivity index (χ0v) is 10.6. The molecule has 0 radical (unpaired) electrons. The molecule has 1 nitrogen and oxygen atoms in total. The molecular weight excluding hydrogens is 265 g/mol. The molecule has 0 aliphatic carbocycles. The van der Waals surface area contributed by atoms with Crippen LogP contribution in [0.3, 0.4) is 0 Å². The summed E-state index contributed by atoms with van der Waals surface area (Å²) in [6, 6.07) is -1.01. The lowest BCUT2D eigenvalue weighted by Gasteiger charge is -2.20. The highest BCUT2D eigenvalue weighted by Crippen LogP contribution is 2.30. The molecule has 1 atom stereocenters. The molecule has 6 heteroatoms. The van der Waals surface area contributed by atoms with Crippen molar-refractivity contribution in [1.29, 1.82) is 0 Å². The number of hydrogen-bond acceptors (Lipinski definition) is 1. The molecule has 1 N–H and O–H groups in total. The smallest absolute Gasteiger partial charge is 0.200 e. The van der Waals surface area contributed by atoms with Crippen LogP contribution in [0, 0.1) is 29.1 Å². The minimum atomic E-state index is -2.15. The van der Waals surface area contributed by atoms with Gasteiger partial charge in [0.15, 0.2) is 23.3 Å². The molecule has 1 rings (SSSR count). The second kappa shape index (κ2) is 6.14. The third-order valence-electron chi connectivity index (χ3n) is 2.60. The summed E-state index contributed by atoms with van der Waals surface area (Å²) in [6.07, 6.45) is 0.0756. The van der Waals surface area contributed by atoms with Gasteiger partial charge >= 0.3 is 0 Å². The molecule has 0 aliphatic heterocycles. The van der Waals surface area contributed by atoms with Crippen LogP contribution in [-0.2, 0) is 0 Å². The Bertz CT molecular complexity index is 469. The van der Waals surface area contributed by atoms with Crippen molar-refractivity contribution < 1.29 is 22.0 Å². The molecule has 1 aromatic rings. The van der Waals surface area contributed by atoms with Crippen LogP contribution in [0.1, 0.15) is 31.9 Å². The van der Waals surface area contributed by atoms with E-state index in [1.165, 1.54) is 0 Å². The Morgan fingerprint density at radius 3 is 1.79 bits per heavy atom. The number of halogens is 5. The highest BCUT2D eigenvalue weighted by molar-refractivity contribution is 5.28. The topological polar surface area (TPSA) is 12.0 Å². The van der Waals surface area contributed by atoms with E-state index in [-0.39, 0.29) is 6.42 Å². The monoisotopic (exact) mass is 279 g/mol. The maximum atomic E-state index is 13.6. The molecule has 19 heavy (non-hydrogen) atoms. The quantitative estimate of drug-likeness (QED) is 0.372. The van der Waals surface area contributed by atoms with Gasteiger partial charge < -0.3 is 5.32 Å². The Morgan fingerprint density at radius 2 is 1.42 bits per heavy atom. The van der Waals surface area contributed by atoms with E-state index in [9.17, 15) is 22.0 Å². The Balaban J connectivity index is 3.41. The van der Waals surface area contributed by atoms with Crippen LogP contribution in [0.5, 0.6) is 0 Å². The number of nitrogens with one attached hydrogen (secondary N) is 1. The van der Waals surface area contributed by atoms with Crippen LogP contribution in [-0.4, -0.2) is 6.54 Å². The van der Waals surface area contributed by atoms with E-state index in [2.05, 4.69) is 11.9 Å². The van der Waals surface area contributed by atoms with Crippen LogP contribution in [0.15, 0.2) is 12.2 Å². The van der Waals surface area contributed by atoms with Crippen LogP contribution in [0.4, 0.5) is 22.0 Å². The van der Waals surface area contributed by atoms with Gasteiger partial charge in [0.1, 0.15) is 0 Å². The lowest BCUT2D eigenvalue weighted by atomic mass is 9.98. The van der Waals surface area contributed by atoms with Crippen molar-refractivity contribution in [2.24, 2.45) is 0 Å². The number of rotatable bonds is 5. The van der Waals surface area contributed by atoms with Gasteiger partial charge in [0.25, 0.3) is 0 Å². The highest BCUT2D eigenvalue weighted by Gasteiger charge is 2.29. The van der Waals surface area contributed by atoms with Gasteiger partial charge in [-0.3, -0.25) is 0 Å². The largest absolute Gasteiger partial charge is 0.310 e. The van der Waals surface area contributed by atoms with Crippen molar-refractivity contribution in [3.05, 3.63) is 46.8 Å². The summed E-state index contributed by atoms with van der Waals surface area (Å²) in [6.45, 7) is 7.17. The van der Waals surface area contributed by atoms with Crippen LogP contribution >= 0.6 is 0 Å². The summed E-state index contributed by atoms with van der Waals surface area (Å²) in [5.41, 5.74) is -0.281. The third kappa shape index (κ3) is 3.12. The molecule has 0 spiro atoms. The summed E-state index contributed by atoms with van der Waals surface area (Å²) in [7, 11) is 0. The van der Waals surface area contributed by atoms with E-state index < -0.39 is 40.7 Å². The van der Waals surface area contributed by atoms with E-state index in [1.807, 2.05) is 0 Å². The lowest BCUT2D eigenvalue weighted by molar-refractivity contribution is 0.356. The summed E-state index contributed by atoms with van der Waals surface area (Å²) in [5, 5.41) is 2.69. The van der Waals surface area contributed by atoms with Crippen LogP contribution in [0.25, 0.3) is 0 Å².